The highest BCUT2D eigenvalue weighted by Crippen LogP contribution is 2.39. The van der Waals surface area contributed by atoms with Crippen molar-refractivity contribution in [2.75, 3.05) is 68.4 Å². The largest absolute Gasteiger partial charge is 0.493 e. The molecule has 3 aliphatic rings. The first-order valence-electron chi connectivity index (χ1n) is 27.0. The third-order valence-corrected chi connectivity index (χ3v) is 14.3. The average Bonchev–Trinajstić information content (AvgIpc) is 3.83. The number of rotatable bonds is 29. The van der Waals surface area contributed by atoms with Crippen LogP contribution < -0.4 is 49.1 Å². The van der Waals surface area contributed by atoms with E-state index in [4.69, 9.17) is 37.9 Å². The third-order valence-electron chi connectivity index (χ3n) is 14.3. The van der Waals surface area contributed by atoms with Crippen LogP contribution in [0, 0.1) is 0 Å². The predicted octanol–water partition coefficient (Wildman–Crippen LogP) is 6.36. The molecular weight excluding hydrogens is 1020 g/mol. The number of hydrogen-bond donors (Lipinski definition) is 3. The molecule has 0 bridgehead atoms. The summed E-state index contributed by atoms with van der Waals surface area (Å²) in [5, 5.41) is 8.11. The van der Waals surface area contributed by atoms with Crippen molar-refractivity contribution in [3.05, 3.63) is 101 Å². The smallest absolute Gasteiger partial charge is 0.329 e. The number of carbonyl (C=O) groups is 7. The van der Waals surface area contributed by atoms with E-state index in [1.54, 1.807) is 67.7 Å². The Labute approximate surface area is 461 Å². The number of methoxy groups -OCH3 is 5. The Kier molecular flexibility index (Phi) is 21.6. The number of nitrogens with zero attached hydrogens (tertiary/aromatic N) is 2. The van der Waals surface area contributed by atoms with E-state index in [-0.39, 0.29) is 68.6 Å². The molecule has 2 fully saturated rings. The van der Waals surface area contributed by atoms with Crippen LogP contribution in [0.2, 0.25) is 0 Å². The van der Waals surface area contributed by atoms with E-state index in [2.05, 4.69) is 16.0 Å². The van der Waals surface area contributed by atoms with Gasteiger partial charge in [-0.1, -0.05) is 49.9 Å². The number of carbonyl (C=O) groups excluding carboxylic acids is 7. The molecular formula is C59H73N5O15. The molecule has 3 heterocycles. The number of nitrogens with one attached hydrogen (secondary N) is 3. The van der Waals surface area contributed by atoms with E-state index < -0.39 is 30.1 Å². The third kappa shape index (κ3) is 15.8. The summed E-state index contributed by atoms with van der Waals surface area (Å²) in [4.78, 5) is 94.0. The fourth-order valence-electron chi connectivity index (χ4n) is 10.1. The van der Waals surface area contributed by atoms with Gasteiger partial charge in [-0.15, -0.1) is 0 Å². The lowest BCUT2D eigenvalue weighted by Gasteiger charge is -2.35. The maximum atomic E-state index is 14.3. The van der Waals surface area contributed by atoms with Crippen molar-refractivity contribution in [1.82, 2.24) is 25.8 Å². The summed E-state index contributed by atoms with van der Waals surface area (Å²) in [5.41, 5.74) is 3.27. The number of unbranched alkanes of at least 4 members (excludes halogenated alkanes) is 5. The molecule has 79 heavy (non-hydrogen) atoms. The normalized spacial score (nSPS) is 16.2. The molecule has 0 spiro atoms. The van der Waals surface area contributed by atoms with E-state index in [0.717, 1.165) is 56.9 Å². The van der Waals surface area contributed by atoms with Crippen molar-refractivity contribution < 1.29 is 71.5 Å². The molecule has 3 atom stereocenters. The zero-order valence-corrected chi connectivity index (χ0v) is 45.8. The minimum atomic E-state index is -0.799. The number of benzene rings is 4. The summed E-state index contributed by atoms with van der Waals surface area (Å²) in [6.45, 7) is 1.10. The summed E-state index contributed by atoms with van der Waals surface area (Å²) >= 11 is 0. The molecule has 0 radical (unpaired) electrons. The van der Waals surface area contributed by atoms with E-state index in [9.17, 15) is 33.6 Å². The molecule has 2 saturated heterocycles. The second-order valence-corrected chi connectivity index (χ2v) is 19.6. The number of aryl methyl sites for hydroxylation is 1. The van der Waals surface area contributed by atoms with Crippen molar-refractivity contribution in [1.29, 1.82) is 0 Å². The second kappa shape index (κ2) is 29.1. The summed E-state index contributed by atoms with van der Waals surface area (Å²) in [7, 11) is 7.68. The molecule has 2 unspecified atom stereocenters. The second-order valence-electron chi connectivity index (χ2n) is 19.6. The van der Waals surface area contributed by atoms with Crippen molar-refractivity contribution in [2.45, 2.75) is 115 Å². The van der Waals surface area contributed by atoms with Crippen LogP contribution in [0.25, 0.3) is 0 Å². The Morgan fingerprint density at radius 2 is 1.33 bits per heavy atom. The molecule has 20 nitrogen and oxygen atoms in total. The van der Waals surface area contributed by atoms with Crippen LogP contribution in [0.5, 0.6) is 40.2 Å². The van der Waals surface area contributed by atoms with Gasteiger partial charge in [-0.3, -0.25) is 34.1 Å². The molecule has 3 N–H and O–H groups in total. The molecule has 0 saturated carbocycles. The van der Waals surface area contributed by atoms with Crippen LogP contribution in [0.3, 0.4) is 0 Å². The van der Waals surface area contributed by atoms with Gasteiger partial charge < -0.3 is 58.3 Å². The number of imide groups is 1. The summed E-state index contributed by atoms with van der Waals surface area (Å²) in [6.07, 6.45) is 7.87. The monoisotopic (exact) mass is 1090 g/mol. The highest BCUT2D eigenvalue weighted by molar-refractivity contribution is 6.05. The summed E-state index contributed by atoms with van der Waals surface area (Å²) < 4.78 is 45.6. The van der Waals surface area contributed by atoms with Gasteiger partial charge in [0.25, 0.3) is 17.7 Å². The Hall–Kier alpha value is -8.03. The fraction of sp³-hybridized carbons (Fsp3) is 0.475. The summed E-state index contributed by atoms with van der Waals surface area (Å²) in [5.74, 6) is 0.813. The van der Waals surface area contributed by atoms with Crippen molar-refractivity contribution in [3.63, 3.8) is 0 Å². The van der Waals surface area contributed by atoms with E-state index in [0.29, 0.717) is 101 Å². The Morgan fingerprint density at radius 1 is 0.671 bits per heavy atom. The fourth-order valence-corrected chi connectivity index (χ4v) is 10.1. The first-order valence-corrected chi connectivity index (χ1v) is 27.0. The molecule has 6 amide bonds. The maximum Gasteiger partial charge on any atom is 0.329 e. The Bertz CT molecular complexity index is 2780. The van der Waals surface area contributed by atoms with Crippen molar-refractivity contribution in [2.24, 2.45) is 0 Å². The quantitative estimate of drug-likeness (QED) is 0.0305. The highest BCUT2D eigenvalue weighted by atomic mass is 16.5. The summed E-state index contributed by atoms with van der Waals surface area (Å²) in [6, 6.07) is 19.8. The lowest BCUT2D eigenvalue weighted by Crippen LogP contribution is -2.52. The number of fused-ring (bicyclic) bond motifs is 1. The minimum absolute atomic E-state index is 0.00446. The Balaban J connectivity index is 0.833. The number of piperidine rings is 2. The van der Waals surface area contributed by atoms with Gasteiger partial charge >= 0.3 is 5.97 Å². The van der Waals surface area contributed by atoms with Crippen LogP contribution in [0.1, 0.15) is 116 Å². The molecule has 4 aromatic rings. The number of esters is 1. The first-order chi connectivity index (χ1) is 38.3. The Morgan fingerprint density at radius 3 is 2.00 bits per heavy atom. The lowest BCUT2D eigenvalue weighted by molar-refractivity contribution is -0.162. The first kappa shape index (κ1) is 58.6. The van der Waals surface area contributed by atoms with Gasteiger partial charge in [0.2, 0.25) is 23.5 Å². The lowest BCUT2D eigenvalue weighted by atomic mass is 9.99. The minimum Gasteiger partial charge on any atom is -0.493 e. The SMILES string of the molecule is COc1ccc(CCC(OC(=O)[C@@H]2CCCCN2C(=O)Cc2cc(OC)c(OC)c(OC)c2)c2cccc(OCC(=O)NCCCCCCCCNC(=O)COc3cccc4c3CN(C3CCC(=O)NC3=O)C4=O)c2)cc1OC. The van der Waals surface area contributed by atoms with Gasteiger partial charge in [0.05, 0.1) is 48.5 Å². The maximum absolute atomic E-state index is 14.3. The number of hydrogen-bond acceptors (Lipinski definition) is 15. The molecule has 20 heteroatoms. The standard InChI is InChI=1S/C59H73N5O15/c1-72-48-25-22-38(30-49(48)73-2)21-24-46(79-59(71)45-19-10-13-29-63(45)55(68)33-39-31-50(74-3)56(76-5)51(32-39)75-4)40-16-14-17-41(34-40)77-36-53(66)60-27-11-8-6-7-9-12-28-61-54(67)37-78-47-20-15-18-42-43(47)35-64(58(42)70)44-23-26-52(65)62-57(44)69/h14-18,20,22,25,30-32,34,44-46H,6-13,19,21,23-24,26-29,33,35-37H2,1-5H3,(H,60,66)(H,61,67)(H,62,65,69)/t44?,45-,46?/m0/s1. The molecule has 7 rings (SSSR count). The molecule has 3 aliphatic heterocycles. The van der Waals surface area contributed by atoms with Crippen molar-refractivity contribution in [3.8, 4) is 40.2 Å². The predicted molar refractivity (Wildman–Crippen MR) is 289 cm³/mol. The van der Waals surface area contributed by atoms with Gasteiger partial charge in [0.1, 0.15) is 29.7 Å². The van der Waals surface area contributed by atoms with E-state index in [1.807, 2.05) is 24.3 Å². The van der Waals surface area contributed by atoms with Crippen LogP contribution >= 0.6 is 0 Å². The molecule has 4 aromatic carbocycles. The van der Waals surface area contributed by atoms with Gasteiger partial charge in [-0.2, -0.15) is 0 Å². The van der Waals surface area contributed by atoms with E-state index in [1.165, 1.54) is 26.2 Å². The average molecular weight is 1090 g/mol. The van der Waals surface area contributed by atoms with Gasteiger partial charge in [0.15, 0.2) is 36.2 Å². The van der Waals surface area contributed by atoms with Gasteiger partial charge in [-0.05, 0) is 117 Å². The number of ether oxygens (including phenoxy) is 8. The van der Waals surface area contributed by atoms with Crippen LogP contribution in [-0.4, -0.2) is 132 Å². The molecule has 0 aromatic heterocycles. The highest BCUT2D eigenvalue weighted by Gasteiger charge is 2.40. The van der Waals surface area contributed by atoms with Crippen LogP contribution in [0.4, 0.5) is 0 Å². The van der Waals surface area contributed by atoms with Crippen LogP contribution in [-0.2, 0) is 52.9 Å². The van der Waals surface area contributed by atoms with Crippen LogP contribution in [0.15, 0.2) is 72.8 Å². The topological polar surface area (TPSA) is 236 Å². The van der Waals surface area contributed by atoms with Crippen molar-refractivity contribution >= 4 is 41.4 Å². The zero-order valence-electron chi connectivity index (χ0n) is 45.8. The number of likely N-dealkylation sites (tertiary alicyclic amines) is 1. The number of amides is 6. The molecule has 0 aliphatic carbocycles. The van der Waals surface area contributed by atoms with Gasteiger partial charge in [0, 0.05) is 37.2 Å². The zero-order chi connectivity index (χ0) is 56.3. The van der Waals surface area contributed by atoms with E-state index >= 15 is 0 Å². The molecule has 424 valence electrons. The van der Waals surface area contributed by atoms with Gasteiger partial charge in [-0.25, -0.2) is 4.79 Å².